The third-order valence-corrected chi connectivity index (χ3v) is 4.54. The maximum Gasteiger partial charge on any atom is 0.308 e. The van der Waals surface area contributed by atoms with E-state index >= 15 is 0 Å². The predicted molar refractivity (Wildman–Crippen MR) is 92.0 cm³/mol. The van der Waals surface area contributed by atoms with Gasteiger partial charge in [0.1, 0.15) is 5.82 Å². The maximum atomic E-state index is 11.4. The van der Waals surface area contributed by atoms with Gasteiger partial charge in [0.05, 0.1) is 5.92 Å². The summed E-state index contributed by atoms with van der Waals surface area (Å²) in [6.07, 6.45) is 5.89. The van der Waals surface area contributed by atoms with Gasteiger partial charge in [-0.3, -0.25) is 9.78 Å². The summed E-state index contributed by atoms with van der Waals surface area (Å²) < 4.78 is 0. The number of aliphatic carboxylic acids is 1. The maximum absolute atomic E-state index is 11.4. The van der Waals surface area contributed by atoms with Gasteiger partial charge in [-0.2, -0.15) is 0 Å². The van der Waals surface area contributed by atoms with Crippen LogP contribution >= 0.6 is 0 Å². The Balaban J connectivity index is 2.02. The van der Waals surface area contributed by atoms with Crippen molar-refractivity contribution in [3.63, 3.8) is 0 Å². The molecule has 6 nitrogen and oxygen atoms in total. The first kappa shape index (κ1) is 16.4. The van der Waals surface area contributed by atoms with Crippen molar-refractivity contribution in [3.8, 4) is 11.4 Å². The van der Waals surface area contributed by atoms with Crippen LogP contribution in [-0.2, 0) is 11.2 Å². The SMILES string of the molecule is CCc1c(C)nc(-c2cccnc2)nc1N1CCCC(C(=O)O)C1. The molecule has 0 radical (unpaired) electrons. The molecule has 6 heteroatoms. The van der Waals surface area contributed by atoms with Crippen LogP contribution < -0.4 is 4.90 Å². The molecule has 0 aliphatic carbocycles. The van der Waals surface area contributed by atoms with Crippen LogP contribution in [0.3, 0.4) is 0 Å². The zero-order valence-electron chi connectivity index (χ0n) is 14.1. The van der Waals surface area contributed by atoms with Crippen molar-refractivity contribution >= 4 is 11.8 Å². The Kier molecular flexibility index (Phi) is 4.74. The molecule has 2 aromatic heterocycles. The number of aromatic nitrogens is 3. The van der Waals surface area contributed by atoms with Gasteiger partial charge in [0.2, 0.25) is 0 Å². The molecule has 1 aliphatic heterocycles. The van der Waals surface area contributed by atoms with E-state index < -0.39 is 5.97 Å². The Bertz CT molecular complexity index is 733. The third-order valence-electron chi connectivity index (χ3n) is 4.54. The van der Waals surface area contributed by atoms with Gasteiger partial charge in [-0.25, -0.2) is 9.97 Å². The van der Waals surface area contributed by atoms with E-state index in [2.05, 4.69) is 21.8 Å². The lowest BCUT2D eigenvalue weighted by Crippen LogP contribution is -2.39. The number of carboxylic acids is 1. The highest BCUT2D eigenvalue weighted by Crippen LogP contribution is 2.29. The van der Waals surface area contributed by atoms with Crippen molar-refractivity contribution in [2.75, 3.05) is 18.0 Å². The zero-order chi connectivity index (χ0) is 17.1. The minimum Gasteiger partial charge on any atom is -0.481 e. The number of piperidine rings is 1. The van der Waals surface area contributed by atoms with Gasteiger partial charge in [0.25, 0.3) is 0 Å². The summed E-state index contributed by atoms with van der Waals surface area (Å²) in [6.45, 7) is 5.41. The van der Waals surface area contributed by atoms with E-state index in [1.54, 1.807) is 12.4 Å². The van der Waals surface area contributed by atoms with Gasteiger partial charge in [-0.1, -0.05) is 6.92 Å². The summed E-state index contributed by atoms with van der Waals surface area (Å²) in [5.74, 6) is 0.455. The molecule has 1 unspecified atom stereocenters. The lowest BCUT2D eigenvalue weighted by molar-refractivity contribution is -0.141. The standard InChI is InChI=1S/C18H22N4O2/c1-3-15-12(2)20-16(13-6-4-8-19-10-13)21-17(15)22-9-5-7-14(11-22)18(23)24/h4,6,8,10,14H,3,5,7,9,11H2,1-2H3,(H,23,24). The van der Waals surface area contributed by atoms with Crippen LogP contribution in [0.25, 0.3) is 11.4 Å². The normalized spacial score (nSPS) is 17.8. The largest absolute Gasteiger partial charge is 0.481 e. The molecule has 1 saturated heterocycles. The average Bonchev–Trinajstić information content (AvgIpc) is 2.62. The summed E-state index contributed by atoms with van der Waals surface area (Å²) in [5.41, 5.74) is 2.91. The first-order chi connectivity index (χ1) is 11.6. The molecule has 24 heavy (non-hydrogen) atoms. The number of carbonyl (C=O) groups is 1. The number of aryl methyl sites for hydroxylation is 1. The van der Waals surface area contributed by atoms with Crippen LogP contribution in [0.5, 0.6) is 0 Å². The van der Waals surface area contributed by atoms with Crippen molar-refractivity contribution < 1.29 is 9.90 Å². The number of anilines is 1. The average molecular weight is 326 g/mol. The molecule has 126 valence electrons. The van der Waals surface area contributed by atoms with E-state index in [9.17, 15) is 9.90 Å². The van der Waals surface area contributed by atoms with Crippen LogP contribution in [0.15, 0.2) is 24.5 Å². The Hall–Kier alpha value is -2.50. The van der Waals surface area contributed by atoms with E-state index in [4.69, 9.17) is 4.98 Å². The Labute approximate surface area is 141 Å². The molecule has 0 amide bonds. The minimum absolute atomic E-state index is 0.333. The number of carboxylic acid groups (broad SMARTS) is 1. The molecule has 1 aliphatic rings. The smallest absolute Gasteiger partial charge is 0.308 e. The number of rotatable bonds is 4. The highest BCUT2D eigenvalue weighted by Gasteiger charge is 2.28. The highest BCUT2D eigenvalue weighted by molar-refractivity contribution is 5.71. The topological polar surface area (TPSA) is 79.2 Å². The molecule has 0 saturated carbocycles. The molecule has 3 heterocycles. The van der Waals surface area contributed by atoms with Crippen molar-refractivity contribution in [2.45, 2.75) is 33.1 Å². The van der Waals surface area contributed by atoms with E-state index in [1.165, 1.54) is 0 Å². The quantitative estimate of drug-likeness (QED) is 0.930. The van der Waals surface area contributed by atoms with E-state index in [-0.39, 0.29) is 5.92 Å². The molecule has 1 atom stereocenters. The second-order valence-electron chi connectivity index (χ2n) is 6.15. The van der Waals surface area contributed by atoms with Crippen molar-refractivity contribution in [1.29, 1.82) is 0 Å². The first-order valence-electron chi connectivity index (χ1n) is 8.35. The van der Waals surface area contributed by atoms with E-state index in [0.29, 0.717) is 12.4 Å². The number of hydrogen-bond acceptors (Lipinski definition) is 5. The number of hydrogen-bond donors (Lipinski definition) is 1. The lowest BCUT2D eigenvalue weighted by Gasteiger charge is -2.33. The Morgan fingerprint density at radius 3 is 2.92 bits per heavy atom. The summed E-state index contributed by atoms with van der Waals surface area (Å²) in [5, 5.41) is 9.35. The molecule has 1 N–H and O–H groups in total. The van der Waals surface area contributed by atoms with Crippen LogP contribution in [0.4, 0.5) is 5.82 Å². The summed E-state index contributed by atoms with van der Waals surface area (Å²) in [7, 11) is 0. The molecule has 2 aromatic rings. The fraction of sp³-hybridized carbons (Fsp3) is 0.444. The molecular weight excluding hydrogens is 304 g/mol. The second-order valence-corrected chi connectivity index (χ2v) is 6.15. The van der Waals surface area contributed by atoms with Crippen molar-refractivity contribution in [2.24, 2.45) is 5.92 Å². The third kappa shape index (κ3) is 3.22. The molecule has 3 rings (SSSR count). The van der Waals surface area contributed by atoms with Crippen molar-refractivity contribution in [1.82, 2.24) is 15.0 Å². The monoisotopic (exact) mass is 326 g/mol. The highest BCUT2D eigenvalue weighted by atomic mass is 16.4. The van der Waals surface area contributed by atoms with Crippen LogP contribution in [0, 0.1) is 12.8 Å². The lowest BCUT2D eigenvalue weighted by atomic mass is 9.97. The molecule has 0 spiro atoms. The molecule has 0 aromatic carbocycles. The Morgan fingerprint density at radius 2 is 2.25 bits per heavy atom. The first-order valence-corrected chi connectivity index (χ1v) is 8.35. The van der Waals surface area contributed by atoms with Crippen LogP contribution in [0.2, 0.25) is 0 Å². The molecule has 0 bridgehead atoms. The van der Waals surface area contributed by atoms with Gasteiger partial charge in [0, 0.05) is 42.3 Å². The molecule has 1 fully saturated rings. The number of pyridine rings is 1. The van der Waals surface area contributed by atoms with Gasteiger partial charge < -0.3 is 10.0 Å². The van der Waals surface area contributed by atoms with Crippen LogP contribution in [0.1, 0.15) is 31.0 Å². The summed E-state index contributed by atoms with van der Waals surface area (Å²) in [6, 6.07) is 3.80. The Morgan fingerprint density at radius 1 is 1.42 bits per heavy atom. The predicted octanol–water partition coefficient (Wildman–Crippen LogP) is 2.71. The van der Waals surface area contributed by atoms with Gasteiger partial charge in [-0.15, -0.1) is 0 Å². The number of nitrogens with zero attached hydrogens (tertiary/aromatic N) is 4. The minimum atomic E-state index is -0.726. The zero-order valence-corrected chi connectivity index (χ0v) is 14.1. The molecular formula is C18H22N4O2. The van der Waals surface area contributed by atoms with E-state index in [0.717, 1.165) is 48.4 Å². The summed E-state index contributed by atoms with van der Waals surface area (Å²) in [4.78, 5) is 27.0. The summed E-state index contributed by atoms with van der Waals surface area (Å²) >= 11 is 0. The second kappa shape index (κ2) is 6.95. The van der Waals surface area contributed by atoms with Gasteiger partial charge in [-0.05, 0) is 38.3 Å². The van der Waals surface area contributed by atoms with E-state index in [1.807, 2.05) is 19.1 Å². The fourth-order valence-corrected chi connectivity index (χ4v) is 3.25. The van der Waals surface area contributed by atoms with Crippen LogP contribution in [-0.4, -0.2) is 39.1 Å². The van der Waals surface area contributed by atoms with Gasteiger partial charge >= 0.3 is 5.97 Å². The fourth-order valence-electron chi connectivity index (χ4n) is 3.25. The van der Waals surface area contributed by atoms with Crippen molar-refractivity contribution in [3.05, 3.63) is 35.8 Å². The van der Waals surface area contributed by atoms with Gasteiger partial charge in [0.15, 0.2) is 5.82 Å².